The molecule has 0 radical (unpaired) electrons. The van der Waals surface area contributed by atoms with Crippen molar-refractivity contribution in [3.05, 3.63) is 57.6 Å². The molecule has 0 spiro atoms. The van der Waals surface area contributed by atoms with Crippen molar-refractivity contribution in [1.82, 2.24) is 4.90 Å². The normalized spacial score (nSPS) is 14.0. The molecule has 0 aromatic heterocycles. The van der Waals surface area contributed by atoms with Gasteiger partial charge in [0.2, 0.25) is 5.91 Å². The Labute approximate surface area is 197 Å². The minimum Gasteiger partial charge on any atom is -0.493 e. The van der Waals surface area contributed by atoms with Gasteiger partial charge in [0.05, 0.1) is 35.4 Å². The number of benzene rings is 2. The topological polar surface area (TPSA) is 79.6 Å². The lowest BCUT2D eigenvalue weighted by Crippen LogP contribution is -2.40. The average molecular weight is 475 g/mol. The number of likely N-dealkylation sites (tertiary alicyclic amines) is 1. The van der Waals surface area contributed by atoms with Gasteiger partial charge in [-0.25, -0.2) is 0 Å². The first kappa shape index (κ1) is 23.9. The van der Waals surface area contributed by atoms with Crippen LogP contribution in [0.3, 0.4) is 0 Å². The number of hydrogen-bond donors (Lipinski definition) is 0. The summed E-state index contributed by atoms with van der Waals surface area (Å²) in [5.41, 5.74) is 1.05. The van der Waals surface area contributed by atoms with E-state index in [0.29, 0.717) is 78.1 Å². The number of rotatable bonds is 8. The van der Waals surface area contributed by atoms with Gasteiger partial charge >= 0.3 is 0 Å². The van der Waals surface area contributed by atoms with Crippen molar-refractivity contribution in [3.63, 3.8) is 0 Å². The van der Waals surface area contributed by atoms with Crippen LogP contribution in [0.5, 0.6) is 11.5 Å². The minimum atomic E-state index is -0.122. The standard InChI is InChI=1S/C24H24Cl2N2O4/c1-31-22-13-16(15-27)4-7-21(22)32-12-2-3-23(29)28-10-8-17(9-11-28)24(30)18-5-6-19(25)20(26)14-18/h4-7,13-14,17H,2-3,8-12H2,1H3. The lowest BCUT2D eigenvalue weighted by molar-refractivity contribution is -0.132. The molecular weight excluding hydrogens is 451 g/mol. The number of ether oxygens (including phenoxy) is 2. The van der Waals surface area contributed by atoms with E-state index in [2.05, 4.69) is 6.07 Å². The van der Waals surface area contributed by atoms with Crippen molar-refractivity contribution in [2.75, 3.05) is 26.8 Å². The van der Waals surface area contributed by atoms with Crippen LogP contribution in [-0.2, 0) is 4.79 Å². The smallest absolute Gasteiger partial charge is 0.222 e. The Morgan fingerprint density at radius 2 is 1.84 bits per heavy atom. The highest BCUT2D eigenvalue weighted by molar-refractivity contribution is 6.42. The van der Waals surface area contributed by atoms with Crippen LogP contribution in [0.4, 0.5) is 0 Å². The first-order valence-corrected chi connectivity index (χ1v) is 11.2. The molecule has 1 aliphatic rings. The molecule has 0 saturated carbocycles. The molecule has 0 atom stereocenters. The van der Waals surface area contributed by atoms with Crippen molar-refractivity contribution in [2.45, 2.75) is 25.7 Å². The van der Waals surface area contributed by atoms with Gasteiger partial charge < -0.3 is 14.4 Å². The summed E-state index contributed by atoms with van der Waals surface area (Å²) in [6.07, 6.45) is 2.18. The third-order valence-corrected chi connectivity index (χ3v) is 6.25. The van der Waals surface area contributed by atoms with E-state index < -0.39 is 0 Å². The van der Waals surface area contributed by atoms with Crippen molar-refractivity contribution in [1.29, 1.82) is 5.26 Å². The van der Waals surface area contributed by atoms with Gasteiger partial charge in [0.15, 0.2) is 17.3 Å². The highest BCUT2D eigenvalue weighted by Gasteiger charge is 2.28. The van der Waals surface area contributed by atoms with Crippen molar-refractivity contribution in [3.8, 4) is 17.6 Å². The van der Waals surface area contributed by atoms with Crippen LogP contribution in [0.1, 0.15) is 41.6 Å². The molecule has 8 heteroatoms. The molecule has 0 aliphatic carbocycles. The number of Topliss-reactive ketones (excluding diaryl/α,β-unsaturated/α-hetero) is 1. The van der Waals surface area contributed by atoms with Gasteiger partial charge in [-0.3, -0.25) is 9.59 Å². The number of piperidine rings is 1. The summed E-state index contributed by atoms with van der Waals surface area (Å²) in [7, 11) is 1.52. The predicted octanol–water partition coefficient (Wildman–Crippen LogP) is 5.15. The summed E-state index contributed by atoms with van der Waals surface area (Å²) in [4.78, 5) is 27.1. The number of methoxy groups -OCH3 is 1. The third-order valence-electron chi connectivity index (χ3n) is 5.51. The van der Waals surface area contributed by atoms with Gasteiger partial charge in [0.1, 0.15) is 0 Å². The second kappa shape index (κ2) is 11.2. The summed E-state index contributed by atoms with van der Waals surface area (Å²) < 4.78 is 11.0. The maximum absolute atomic E-state index is 12.7. The largest absolute Gasteiger partial charge is 0.493 e. The summed E-state index contributed by atoms with van der Waals surface area (Å²) in [6.45, 7) is 1.47. The number of carbonyl (C=O) groups is 2. The molecule has 1 heterocycles. The fraction of sp³-hybridized carbons (Fsp3) is 0.375. The van der Waals surface area contributed by atoms with Crippen LogP contribution >= 0.6 is 23.2 Å². The Balaban J connectivity index is 1.42. The van der Waals surface area contributed by atoms with Crippen molar-refractivity contribution < 1.29 is 19.1 Å². The van der Waals surface area contributed by atoms with Gasteiger partial charge in [-0.05, 0) is 49.6 Å². The van der Waals surface area contributed by atoms with E-state index in [1.807, 2.05) is 0 Å². The number of amides is 1. The summed E-state index contributed by atoms with van der Waals surface area (Å²) in [5.74, 6) is 1.01. The first-order valence-electron chi connectivity index (χ1n) is 10.4. The zero-order chi connectivity index (χ0) is 23.1. The fourth-order valence-corrected chi connectivity index (χ4v) is 3.99. The quantitative estimate of drug-likeness (QED) is 0.390. The number of carbonyl (C=O) groups excluding carboxylic acids is 2. The highest BCUT2D eigenvalue weighted by atomic mass is 35.5. The number of nitrogens with zero attached hydrogens (tertiary/aromatic N) is 2. The van der Waals surface area contributed by atoms with E-state index in [0.717, 1.165) is 0 Å². The fourth-order valence-electron chi connectivity index (χ4n) is 3.70. The van der Waals surface area contributed by atoms with Crippen LogP contribution in [0.2, 0.25) is 10.0 Å². The molecular formula is C24H24Cl2N2O4. The molecule has 0 unspecified atom stereocenters. The SMILES string of the molecule is COc1cc(C#N)ccc1OCCCC(=O)N1CCC(C(=O)c2ccc(Cl)c(Cl)c2)CC1. The van der Waals surface area contributed by atoms with Crippen LogP contribution in [0.25, 0.3) is 0 Å². The Morgan fingerprint density at radius 3 is 2.50 bits per heavy atom. The van der Waals surface area contributed by atoms with Crippen LogP contribution < -0.4 is 9.47 Å². The molecule has 32 heavy (non-hydrogen) atoms. The number of nitriles is 1. The molecule has 1 amide bonds. The Hall–Kier alpha value is -2.75. The maximum Gasteiger partial charge on any atom is 0.222 e. The molecule has 6 nitrogen and oxygen atoms in total. The van der Waals surface area contributed by atoms with Crippen molar-refractivity contribution in [2.24, 2.45) is 5.92 Å². The molecule has 0 bridgehead atoms. The van der Waals surface area contributed by atoms with Gasteiger partial charge in [0.25, 0.3) is 0 Å². The highest BCUT2D eigenvalue weighted by Crippen LogP contribution is 2.29. The van der Waals surface area contributed by atoms with E-state index in [9.17, 15) is 9.59 Å². The third kappa shape index (κ3) is 5.93. The van der Waals surface area contributed by atoms with Crippen LogP contribution in [0, 0.1) is 17.2 Å². The summed E-state index contributed by atoms with van der Waals surface area (Å²) in [5, 5.41) is 9.74. The van der Waals surface area contributed by atoms with E-state index >= 15 is 0 Å². The van der Waals surface area contributed by atoms with Gasteiger partial charge in [-0.15, -0.1) is 0 Å². The molecule has 3 rings (SSSR count). The first-order chi connectivity index (χ1) is 15.4. The van der Waals surface area contributed by atoms with Crippen molar-refractivity contribution >= 4 is 34.9 Å². The van der Waals surface area contributed by atoms with Gasteiger partial charge in [0, 0.05) is 37.1 Å². The Morgan fingerprint density at radius 1 is 1.09 bits per heavy atom. The molecule has 168 valence electrons. The number of ketones is 1. The zero-order valence-electron chi connectivity index (χ0n) is 17.8. The average Bonchev–Trinajstić information content (AvgIpc) is 2.83. The van der Waals surface area contributed by atoms with Crippen LogP contribution in [-0.4, -0.2) is 43.4 Å². The minimum absolute atomic E-state index is 0.0421. The van der Waals surface area contributed by atoms with E-state index in [4.69, 9.17) is 37.9 Å². The Kier molecular flexibility index (Phi) is 8.38. The number of halogens is 2. The summed E-state index contributed by atoms with van der Waals surface area (Å²) >= 11 is 11.9. The zero-order valence-corrected chi connectivity index (χ0v) is 19.3. The molecule has 2 aromatic rings. The molecule has 1 fully saturated rings. The second-order valence-corrected chi connectivity index (χ2v) is 8.39. The van der Waals surface area contributed by atoms with Gasteiger partial charge in [-0.1, -0.05) is 23.2 Å². The van der Waals surface area contributed by atoms with E-state index in [1.54, 1.807) is 41.3 Å². The van der Waals surface area contributed by atoms with Crippen LogP contribution in [0.15, 0.2) is 36.4 Å². The van der Waals surface area contributed by atoms with E-state index in [-0.39, 0.29) is 17.6 Å². The second-order valence-electron chi connectivity index (χ2n) is 7.58. The Bertz CT molecular complexity index is 1030. The van der Waals surface area contributed by atoms with E-state index in [1.165, 1.54) is 7.11 Å². The monoisotopic (exact) mass is 474 g/mol. The molecule has 1 saturated heterocycles. The maximum atomic E-state index is 12.7. The molecule has 1 aliphatic heterocycles. The lowest BCUT2D eigenvalue weighted by Gasteiger charge is -2.31. The van der Waals surface area contributed by atoms with Gasteiger partial charge in [-0.2, -0.15) is 5.26 Å². The predicted molar refractivity (Wildman–Crippen MR) is 123 cm³/mol. The number of hydrogen-bond acceptors (Lipinski definition) is 5. The lowest BCUT2D eigenvalue weighted by atomic mass is 9.89. The molecule has 2 aromatic carbocycles. The summed E-state index contributed by atoms with van der Waals surface area (Å²) in [6, 6.07) is 11.9. The molecule has 0 N–H and O–H groups in total.